The van der Waals surface area contributed by atoms with E-state index in [9.17, 15) is 22.8 Å². The van der Waals surface area contributed by atoms with Crippen molar-refractivity contribution in [2.45, 2.75) is 13.1 Å². The first kappa shape index (κ1) is 16.3. The molecule has 1 aromatic rings. The monoisotopic (exact) mass is 315 g/mol. The van der Waals surface area contributed by atoms with E-state index in [2.05, 4.69) is 16.0 Å². The lowest BCUT2D eigenvalue weighted by Crippen LogP contribution is -2.48. The number of halogens is 3. The molecule has 0 spiro atoms. The molecule has 1 heterocycles. The summed E-state index contributed by atoms with van der Waals surface area (Å²) in [5.41, 5.74) is -1.17. The predicted molar refractivity (Wildman–Crippen MR) is 74.4 cm³/mol. The molecule has 0 aliphatic carbocycles. The van der Waals surface area contributed by atoms with Gasteiger partial charge in [-0.15, -0.1) is 0 Å². The summed E-state index contributed by atoms with van der Waals surface area (Å²) < 4.78 is 38.6. The lowest BCUT2D eigenvalue weighted by molar-refractivity contribution is -0.137. The molecule has 3 N–H and O–H groups in total. The zero-order valence-corrected chi connectivity index (χ0v) is 11.9. The molecule has 120 valence electrons. The summed E-state index contributed by atoms with van der Waals surface area (Å²) in [5.74, 6) is -0.805. The molecule has 1 aliphatic heterocycles. The second-order valence-corrected chi connectivity index (χ2v) is 5.21. The Labute approximate surface area is 125 Å². The summed E-state index contributed by atoms with van der Waals surface area (Å²) in [7, 11) is 0. The molecule has 1 fully saturated rings. The summed E-state index contributed by atoms with van der Waals surface area (Å²) >= 11 is 0. The maximum atomic E-state index is 12.9. The third kappa shape index (κ3) is 4.20. The molecule has 1 aliphatic rings. The van der Waals surface area contributed by atoms with Crippen LogP contribution < -0.4 is 16.0 Å². The summed E-state index contributed by atoms with van der Waals surface area (Å²) in [6.07, 6.45) is -4.60. The van der Waals surface area contributed by atoms with E-state index >= 15 is 0 Å². The van der Waals surface area contributed by atoms with Gasteiger partial charge in [-0.05, 0) is 18.2 Å². The second-order valence-electron chi connectivity index (χ2n) is 5.21. The fraction of sp³-hybridized carbons (Fsp3) is 0.429. The average molecular weight is 315 g/mol. The van der Waals surface area contributed by atoms with E-state index in [0.717, 1.165) is 25.2 Å². The third-order valence-electron chi connectivity index (χ3n) is 3.26. The topological polar surface area (TPSA) is 70.2 Å². The molecule has 0 saturated carbocycles. The van der Waals surface area contributed by atoms with Crippen LogP contribution in [0.5, 0.6) is 0 Å². The molecule has 0 unspecified atom stereocenters. The van der Waals surface area contributed by atoms with Crippen molar-refractivity contribution in [1.82, 2.24) is 10.6 Å². The minimum absolute atomic E-state index is 0.0576. The van der Waals surface area contributed by atoms with Crippen molar-refractivity contribution in [3.05, 3.63) is 29.3 Å². The Morgan fingerprint density at radius 1 is 1.27 bits per heavy atom. The van der Waals surface area contributed by atoms with Gasteiger partial charge in [-0.3, -0.25) is 9.59 Å². The van der Waals surface area contributed by atoms with Crippen molar-refractivity contribution >= 4 is 17.5 Å². The van der Waals surface area contributed by atoms with Crippen molar-refractivity contribution in [1.29, 1.82) is 0 Å². The van der Waals surface area contributed by atoms with Gasteiger partial charge in [0, 0.05) is 43.7 Å². The van der Waals surface area contributed by atoms with Gasteiger partial charge in [0.25, 0.3) is 5.91 Å². The number of amides is 2. The normalized spacial score (nSPS) is 15.1. The highest BCUT2D eigenvalue weighted by molar-refractivity contribution is 5.97. The Morgan fingerprint density at radius 3 is 2.45 bits per heavy atom. The number of nitrogens with one attached hydrogen (secondary N) is 3. The van der Waals surface area contributed by atoms with Crippen LogP contribution in [0.3, 0.4) is 0 Å². The summed E-state index contributed by atoms with van der Waals surface area (Å²) in [6.45, 7) is 3.14. The highest BCUT2D eigenvalue weighted by Crippen LogP contribution is 2.32. The number of benzene rings is 1. The van der Waals surface area contributed by atoms with Crippen molar-refractivity contribution in [2.24, 2.45) is 5.92 Å². The average Bonchev–Trinajstić information content (AvgIpc) is 2.34. The van der Waals surface area contributed by atoms with Crippen LogP contribution in [-0.2, 0) is 11.0 Å². The molecule has 2 rings (SSSR count). The van der Waals surface area contributed by atoms with Gasteiger partial charge in [0.2, 0.25) is 5.91 Å². The highest BCUT2D eigenvalue weighted by atomic mass is 19.4. The fourth-order valence-corrected chi connectivity index (χ4v) is 2.03. The number of rotatable bonds is 4. The van der Waals surface area contributed by atoms with Crippen molar-refractivity contribution < 1.29 is 22.8 Å². The molecule has 8 heteroatoms. The Hall–Kier alpha value is -2.09. The van der Waals surface area contributed by atoms with E-state index in [1.165, 1.54) is 13.0 Å². The van der Waals surface area contributed by atoms with Crippen molar-refractivity contribution in [3.63, 3.8) is 0 Å². The predicted octanol–water partition coefficient (Wildman–Crippen LogP) is 1.61. The van der Waals surface area contributed by atoms with Crippen LogP contribution in [0.1, 0.15) is 22.8 Å². The molecular formula is C14H16F3N3O2. The molecular weight excluding hydrogens is 299 g/mol. The lowest BCUT2D eigenvalue weighted by Gasteiger charge is -2.27. The van der Waals surface area contributed by atoms with Crippen LogP contribution in [0.25, 0.3) is 0 Å². The van der Waals surface area contributed by atoms with E-state index in [1.807, 2.05) is 0 Å². The van der Waals surface area contributed by atoms with Crippen molar-refractivity contribution in [2.75, 3.05) is 25.0 Å². The molecule has 0 aromatic heterocycles. The zero-order chi connectivity index (χ0) is 16.3. The van der Waals surface area contributed by atoms with Gasteiger partial charge in [0.05, 0.1) is 5.56 Å². The molecule has 1 aromatic carbocycles. The Kier molecular flexibility index (Phi) is 4.70. The number of hydrogen-bond donors (Lipinski definition) is 3. The minimum Gasteiger partial charge on any atom is -0.352 e. The molecule has 1 saturated heterocycles. The zero-order valence-electron chi connectivity index (χ0n) is 11.9. The number of hydrogen-bond acceptors (Lipinski definition) is 3. The Morgan fingerprint density at radius 2 is 1.95 bits per heavy atom. The van der Waals surface area contributed by atoms with Crippen LogP contribution in [0.15, 0.2) is 18.2 Å². The standard InChI is InChI=1S/C14H16F3N3O2/c1-8(21)20-12-3-10(2-11(4-12)14(15,16)17)13(22)19-7-9-5-18-6-9/h2-4,9,18H,5-7H2,1H3,(H,19,22)(H,20,21). The van der Waals surface area contributed by atoms with E-state index in [-0.39, 0.29) is 11.3 Å². The van der Waals surface area contributed by atoms with Gasteiger partial charge < -0.3 is 16.0 Å². The van der Waals surface area contributed by atoms with Gasteiger partial charge in [0.15, 0.2) is 0 Å². The van der Waals surface area contributed by atoms with Crippen LogP contribution in [0.2, 0.25) is 0 Å². The first-order valence-electron chi connectivity index (χ1n) is 6.74. The molecule has 0 bridgehead atoms. The smallest absolute Gasteiger partial charge is 0.352 e. The number of carbonyl (C=O) groups excluding carboxylic acids is 2. The van der Waals surface area contributed by atoms with Crippen molar-refractivity contribution in [3.8, 4) is 0 Å². The molecule has 5 nitrogen and oxygen atoms in total. The van der Waals surface area contributed by atoms with Crippen LogP contribution >= 0.6 is 0 Å². The molecule has 0 atom stereocenters. The highest BCUT2D eigenvalue weighted by Gasteiger charge is 2.32. The van der Waals surface area contributed by atoms with Crippen LogP contribution in [-0.4, -0.2) is 31.4 Å². The maximum absolute atomic E-state index is 12.9. The Bertz CT molecular complexity index is 583. The van der Waals surface area contributed by atoms with E-state index in [0.29, 0.717) is 12.5 Å². The third-order valence-corrected chi connectivity index (χ3v) is 3.26. The number of carbonyl (C=O) groups is 2. The van der Waals surface area contributed by atoms with Crippen LogP contribution in [0, 0.1) is 5.92 Å². The first-order valence-corrected chi connectivity index (χ1v) is 6.74. The van der Waals surface area contributed by atoms with E-state index in [1.54, 1.807) is 0 Å². The minimum atomic E-state index is -4.60. The summed E-state index contributed by atoms with van der Waals surface area (Å²) in [4.78, 5) is 23.0. The number of alkyl halides is 3. The van der Waals surface area contributed by atoms with Gasteiger partial charge in [-0.2, -0.15) is 13.2 Å². The molecule has 22 heavy (non-hydrogen) atoms. The van der Waals surface area contributed by atoms with Crippen LogP contribution in [0.4, 0.5) is 18.9 Å². The van der Waals surface area contributed by atoms with Gasteiger partial charge >= 0.3 is 6.18 Å². The summed E-state index contributed by atoms with van der Waals surface area (Å²) in [5, 5.41) is 7.91. The fourth-order valence-electron chi connectivity index (χ4n) is 2.03. The second kappa shape index (κ2) is 6.35. The van der Waals surface area contributed by atoms with Gasteiger partial charge in [0.1, 0.15) is 0 Å². The molecule has 2 amide bonds. The van der Waals surface area contributed by atoms with Gasteiger partial charge in [-0.25, -0.2) is 0 Å². The van der Waals surface area contributed by atoms with Gasteiger partial charge in [-0.1, -0.05) is 0 Å². The largest absolute Gasteiger partial charge is 0.416 e. The summed E-state index contributed by atoms with van der Waals surface area (Å²) in [6, 6.07) is 2.80. The lowest BCUT2D eigenvalue weighted by atomic mass is 10.0. The van der Waals surface area contributed by atoms with E-state index in [4.69, 9.17) is 0 Å². The Balaban J connectivity index is 2.20. The SMILES string of the molecule is CC(=O)Nc1cc(C(=O)NCC2CNC2)cc(C(F)(F)F)c1. The van der Waals surface area contributed by atoms with E-state index < -0.39 is 23.6 Å². The quantitative estimate of drug-likeness (QED) is 0.791. The molecule has 0 radical (unpaired) electrons. The first-order chi connectivity index (χ1) is 10.3. The maximum Gasteiger partial charge on any atom is 0.416 e. The number of anilines is 1.